The van der Waals surface area contributed by atoms with E-state index >= 15 is 0 Å². The minimum absolute atomic E-state index is 1.10. The zero-order chi connectivity index (χ0) is 11.8. The van der Waals surface area contributed by atoms with Crippen molar-refractivity contribution in [1.29, 1.82) is 0 Å². The van der Waals surface area contributed by atoms with Gasteiger partial charge in [0.1, 0.15) is 0 Å². The summed E-state index contributed by atoms with van der Waals surface area (Å²) >= 11 is 2.35. The number of rotatable bonds is 7. The number of anilines is 1. The van der Waals surface area contributed by atoms with Gasteiger partial charge in [-0.25, -0.2) is 0 Å². The first-order valence-corrected chi connectivity index (χ1v) is 7.32. The summed E-state index contributed by atoms with van der Waals surface area (Å²) in [5.74, 6) is 0. The second-order valence-electron chi connectivity index (χ2n) is 4.30. The molecule has 0 unspecified atom stereocenters. The lowest BCUT2D eigenvalue weighted by atomic mass is 10.1. The molecule has 0 saturated carbocycles. The highest BCUT2D eigenvalue weighted by Gasteiger charge is 1.97. The summed E-state index contributed by atoms with van der Waals surface area (Å²) in [6.07, 6.45) is 6.71. The standard InChI is InChI=1S/C14H22IN/c1-3-4-5-6-7-10-16-14-9-8-13(15)11-12(14)2/h8-9,11,16H,3-7,10H2,1-2H3. The monoisotopic (exact) mass is 331 g/mol. The first-order chi connectivity index (χ1) is 7.74. The van der Waals surface area contributed by atoms with Crippen LogP contribution in [0.2, 0.25) is 0 Å². The average molecular weight is 331 g/mol. The molecule has 1 N–H and O–H groups in total. The smallest absolute Gasteiger partial charge is 0.0370 e. The molecule has 0 aliphatic heterocycles. The number of hydrogen-bond acceptors (Lipinski definition) is 1. The number of hydrogen-bond donors (Lipinski definition) is 1. The van der Waals surface area contributed by atoms with Crippen molar-refractivity contribution < 1.29 is 0 Å². The van der Waals surface area contributed by atoms with Crippen molar-refractivity contribution in [3.8, 4) is 0 Å². The Balaban J connectivity index is 2.21. The van der Waals surface area contributed by atoms with Gasteiger partial charge >= 0.3 is 0 Å². The van der Waals surface area contributed by atoms with Gasteiger partial charge in [0.15, 0.2) is 0 Å². The van der Waals surface area contributed by atoms with Gasteiger partial charge in [0.2, 0.25) is 0 Å². The molecule has 0 saturated heterocycles. The van der Waals surface area contributed by atoms with Crippen LogP contribution in [0.15, 0.2) is 18.2 Å². The summed E-state index contributed by atoms with van der Waals surface area (Å²) in [6, 6.07) is 6.57. The molecule has 1 rings (SSSR count). The Hall–Kier alpha value is -0.250. The van der Waals surface area contributed by atoms with Gasteiger partial charge in [0, 0.05) is 15.8 Å². The summed E-state index contributed by atoms with van der Waals surface area (Å²) < 4.78 is 1.31. The van der Waals surface area contributed by atoms with Crippen molar-refractivity contribution in [1.82, 2.24) is 0 Å². The zero-order valence-electron chi connectivity index (χ0n) is 10.4. The fourth-order valence-electron chi connectivity index (χ4n) is 1.78. The zero-order valence-corrected chi connectivity index (χ0v) is 12.5. The fourth-order valence-corrected chi connectivity index (χ4v) is 2.42. The molecule has 1 aromatic rings. The highest BCUT2D eigenvalue weighted by atomic mass is 127. The van der Waals surface area contributed by atoms with Gasteiger partial charge in [0.05, 0.1) is 0 Å². The molecular formula is C14H22IN. The molecule has 0 bridgehead atoms. The molecule has 1 nitrogen and oxygen atoms in total. The van der Waals surface area contributed by atoms with Crippen molar-refractivity contribution in [2.75, 3.05) is 11.9 Å². The minimum Gasteiger partial charge on any atom is -0.385 e. The van der Waals surface area contributed by atoms with E-state index < -0.39 is 0 Å². The molecule has 0 amide bonds. The van der Waals surface area contributed by atoms with Gasteiger partial charge < -0.3 is 5.32 Å². The first-order valence-electron chi connectivity index (χ1n) is 6.24. The summed E-state index contributed by atoms with van der Waals surface area (Å²) in [5, 5.41) is 3.51. The van der Waals surface area contributed by atoms with Gasteiger partial charge in [0.25, 0.3) is 0 Å². The first kappa shape index (κ1) is 13.8. The summed E-state index contributed by atoms with van der Waals surface area (Å²) in [5.41, 5.74) is 2.64. The Morgan fingerprint density at radius 3 is 2.56 bits per heavy atom. The Kier molecular flexibility index (Phi) is 6.85. The number of benzene rings is 1. The van der Waals surface area contributed by atoms with Gasteiger partial charge in [-0.3, -0.25) is 0 Å². The number of unbranched alkanes of at least 4 members (excludes halogenated alkanes) is 4. The van der Waals surface area contributed by atoms with Crippen LogP contribution in [0.5, 0.6) is 0 Å². The van der Waals surface area contributed by atoms with E-state index in [0.29, 0.717) is 0 Å². The third kappa shape index (κ3) is 5.19. The maximum absolute atomic E-state index is 3.51. The molecule has 16 heavy (non-hydrogen) atoms. The molecule has 0 fully saturated rings. The third-order valence-corrected chi connectivity index (χ3v) is 3.46. The van der Waals surface area contributed by atoms with Crippen molar-refractivity contribution in [3.63, 3.8) is 0 Å². The van der Waals surface area contributed by atoms with Crippen molar-refractivity contribution >= 4 is 28.3 Å². The van der Waals surface area contributed by atoms with E-state index in [0.717, 1.165) is 6.54 Å². The largest absolute Gasteiger partial charge is 0.385 e. The average Bonchev–Trinajstić information content (AvgIpc) is 2.26. The summed E-state index contributed by atoms with van der Waals surface area (Å²) in [7, 11) is 0. The second-order valence-corrected chi connectivity index (χ2v) is 5.55. The Morgan fingerprint density at radius 1 is 1.12 bits per heavy atom. The van der Waals surface area contributed by atoms with Crippen LogP contribution in [-0.2, 0) is 0 Å². The van der Waals surface area contributed by atoms with Crippen molar-refractivity contribution in [2.24, 2.45) is 0 Å². The van der Waals surface area contributed by atoms with Crippen molar-refractivity contribution in [3.05, 3.63) is 27.3 Å². The van der Waals surface area contributed by atoms with Crippen molar-refractivity contribution in [2.45, 2.75) is 46.0 Å². The molecule has 0 heterocycles. The van der Waals surface area contributed by atoms with Gasteiger partial charge in [-0.05, 0) is 59.7 Å². The van der Waals surface area contributed by atoms with Crippen LogP contribution in [0.1, 0.15) is 44.6 Å². The topological polar surface area (TPSA) is 12.0 Å². The van der Waals surface area contributed by atoms with Crippen LogP contribution in [0.25, 0.3) is 0 Å². The fraction of sp³-hybridized carbons (Fsp3) is 0.571. The lowest BCUT2D eigenvalue weighted by molar-refractivity contribution is 0.645. The maximum atomic E-state index is 3.51. The minimum atomic E-state index is 1.10. The highest BCUT2D eigenvalue weighted by molar-refractivity contribution is 14.1. The van der Waals surface area contributed by atoms with E-state index in [1.807, 2.05) is 0 Å². The van der Waals surface area contributed by atoms with E-state index in [9.17, 15) is 0 Å². The van der Waals surface area contributed by atoms with Gasteiger partial charge in [-0.2, -0.15) is 0 Å². The SMILES string of the molecule is CCCCCCCNc1ccc(I)cc1C. The van der Waals surface area contributed by atoms with Crippen LogP contribution < -0.4 is 5.32 Å². The highest BCUT2D eigenvalue weighted by Crippen LogP contribution is 2.17. The van der Waals surface area contributed by atoms with E-state index in [1.165, 1.54) is 46.9 Å². The molecule has 2 heteroatoms. The lowest BCUT2D eigenvalue weighted by Gasteiger charge is -2.09. The number of halogens is 1. The predicted molar refractivity (Wildman–Crippen MR) is 81.1 cm³/mol. The molecule has 0 aromatic heterocycles. The van der Waals surface area contributed by atoms with Gasteiger partial charge in [-0.15, -0.1) is 0 Å². The molecule has 0 radical (unpaired) electrons. The van der Waals surface area contributed by atoms with Crippen LogP contribution in [0, 0.1) is 10.5 Å². The van der Waals surface area contributed by atoms with E-state index in [2.05, 4.69) is 60.0 Å². The van der Waals surface area contributed by atoms with Crippen LogP contribution in [0.4, 0.5) is 5.69 Å². The second kappa shape index (κ2) is 7.93. The van der Waals surface area contributed by atoms with E-state index in [1.54, 1.807) is 0 Å². The Morgan fingerprint density at radius 2 is 1.88 bits per heavy atom. The van der Waals surface area contributed by atoms with Crippen LogP contribution in [-0.4, -0.2) is 6.54 Å². The normalized spacial score (nSPS) is 10.4. The van der Waals surface area contributed by atoms with Crippen LogP contribution in [0.3, 0.4) is 0 Å². The van der Waals surface area contributed by atoms with Crippen LogP contribution >= 0.6 is 22.6 Å². The maximum Gasteiger partial charge on any atom is 0.0370 e. The lowest BCUT2D eigenvalue weighted by Crippen LogP contribution is -2.02. The molecule has 0 aliphatic carbocycles. The van der Waals surface area contributed by atoms with Gasteiger partial charge in [-0.1, -0.05) is 32.6 Å². The number of nitrogens with one attached hydrogen (secondary N) is 1. The predicted octanol–water partition coefficient (Wildman–Crippen LogP) is 4.98. The summed E-state index contributed by atoms with van der Waals surface area (Å²) in [4.78, 5) is 0. The molecular weight excluding hydrogens is 309 g/mol. The molecule has 90 valence electrons. The molecule has 0 aliphatic rings. The molecule has 0 atom stereocenters. The molecule has 1 aromatic carbocycles. The third-order valence-electron chi connectivity index (χ3n) is 2.78. The summed E-state index contributed by atoms with van der Waals surface area (Å²) in [6.45, 7) is 5.53. The molecule has 0 spiro atoms. The quantitative estimate of drug-likeness (QED) is 0.549. The number of aryl methyl sites for hydroxylation is 1. The van der Waals surface area contributed by atoms with E-state index in [4.69, 9.17) is 0 Å². The Labute approximate surface area is 113 Å². The van der Waals surface area contributed by atoms with E-state index in [-0.39, 0.29) is 0 Å². The Bertz CT molecular complexity index is 310.